The van der Waals surface area contributed by atoms with E-state index in [9.17, 15) is 4.79 Å². The molecule has 1 aliphatic rings. The summed E-state index contributed by atoms with van der Waals surface area (Å²) < 4.78 is 11.1. The number of H-pyrrole nitrogens is 1. The van der Waals surface area contributed by atoms with Gasteiger partial charge in [-0.2, -0.15) is 0 Å². The Morgan fingerprint density at radius 1 is 1.35 bits per heavy atom. The molecular weight excluding hydrogens is 290 g/mol. The number of carbonyl (C=O) groups excluding carboxylic acids is 1. The van der Waals surface area contributed by atoms with Crippen LogP contribution in [0.2, 0.25) is 0 Å². The second-order valence-electron chi connectivity index (χ2n) is 5.94. The van der Waals surface area contributed by atoms with Crippen LogP contribution in [-0.2, 0) is 11.2 Å². The van der Waals surface area contributed by atoms with Crippen LogP contribution >= 0.6 is 0 Å². The second kappa shape index (κ2) is 6.32. The minimum absolute atomic E-state index is 0.0247. The van der Waals surface area contributed by atoms with Gasteiger partial charge >= 0.3 is 0 Å². The SMILES string of the molecule is C=CCOc1ccc2[nH]c3c(c2c1)CC/C(=C\OC(C)C)C3=O. The molecule has 0 atom stereocenters. The van der Waals surface area contributed by atoms with E-state index in [-0.39, 0.29) is 11.9 Å². The van der Waals surface area contributed by atoms with Crippen molar-refractivity contribution in [1.29, 1.82) is 0 Å². The van der Waals surface area contributed by atoms with Gasteiger partial charge in [-0.05, 0) is 50.5 Å². The minimum Gasteiger partial charge on any atom is -0.498 e. The number of allylic oxidation sites excluding steroid dienone is 1. The molecule has 1 N–H and O–H groups in total. The van der Waals surface area contributed by atoms with Gasteiger partial charge in [0, 0.05) is 16.5 Å². The maximum atomic E-state index is 12.6. The monoisotopic (exact) mass is 311 g/mol. The third kappa shape index (κ3) is 3.02. The first-order chi connectivity index (χ1) is 11.1. The number of aromatic amines is 1. The van der Waals surface area contributed by atoms with Crippen molar-refractivity contribution < 1.29 is 14.3 Å². The molecule has 1 aromatic heterocycles. The van der Waals surface area contributed by atoms with Crippen LogP contribution in [-0.4, -0.2) is 23.5 Å². The Morgan fingerprint density at radius 3 is 2.91 bits per heavy atom. The lowest BCUT2D eigenvalue weighted by Gasteiger charge is -2.15. The summed E-state index contributed by atoms with van der Waals surface area (Å²) in [6.45, 7) is 8.02. The number of nitrogens with one attached hydrogen (secondary N) is 1. The zero-order chi connectivity index (χ0) is 16.4. The van der Waals surface area contributed by atoms with Gasteiger partial charge in [0.15, 0.2) is 0 Å². The van der Waals surface area contributed by atoms with E-state index in [0.29, 0.717) is 18.7 Å². The van der Waals surface area contributed by atoms with Crippen LogP contribution < -0.4 is 4.74 Å². The molecule has 0 fully saturated rings. The average Bonchev–Trinajstić information content (AvgIpc) is 2.91. The van der Waals surface area contributed by atoms with E-state index in [1.807, 2.05) is 32.0 Å². The fourth-order valence-electron chi connectivity index (χ4n) is 2.79. The molecule has 0 saturated carbocycles. The number of ether oxygens (including phenoxy) is 2. The Hall–Kier alpha value is -2.49. The van der Waals surface area contributed by atoms with Gasteiger partial charge in [0.05, 0.1) is 18.1 Å². The molecule has 0 spiro atoms. The van der Waals surface area contributed by atoms with Gasteiger partial charge in [-0.3, -0.25) is 4.79 Å². The van der Waals surface area contributed by atoms with E-state index in [1.165, 1.54) is 0 Å². The lowest BCUT2D eigenvalue weighted by Crippen LogP contribution is -2.14. The Labute approximate surface area is 135 Å². The number of hydrogen-bond acceptors (Lipinski definition) is 3. The van der Waals surface area contributed by atoms with Gasteiger partial charge in [0.2, 0.25) is 5.78 Å². The number of Topliss-reactive ketones (excluding diaryl/α,β-unsaturated/α-hetero) is 1. The van der Waals surface area contributed by atoms with Crippen LogP contribution in [0.1, 0.15) is 36.3 Å². The van der Waals surface area contributed by atoms with Gasteiger partial charge < -0.3 is 14.5 Å². The zero-order valence-electron chi connectivity index (χ0n) is 13.5. The molecule has 2 aromatic rings. The summed E-state index contributed by atoms with van der Waals surface area (Å²) in [6.07, 6.45) is 4.92. The van der Waals surface area contributed by atoms with Crippen LogP contribution in [0.4, 0.5) is 0 Å². The molecule has 1 aromatic carbocycles. The topological polar surface area (TPSA) is 51.3 Å². The van der Waals surface area contributed by atoms with Crippen LogP contribution in [0, 0.1) is 0 Å². The molecule has 23 heavy (non-hydrogen) atoms. The van der Waals surface area contributed by atoms with Gasteiger partial charge in [0.1, 0.15) is 12.4 Å². The molecule has 120 valence electrons. The molecule has 4 nitrogen and oxygen atoms in total. The highest BCUT2D eigenvalue weighted by Gasteiger charge is 2.26. The normalized spacial score (nSPS) is 16.0. The molecule has 0 amide bonds. The van der Waals surface area contributed by atoms with Gasteiger partial charge in [-0.15, -0.1) is 0 Å². The summed E-state index contributed by atoms with van der Waals surface area (Å²) >= 11 is 0. The largest absolute Gasteiger partial charge is 0.498 e. The standard InChI is InChI=1S/C19H21NO3/c1-4-9-22-14-6-8-17-16(10-14)15-7-5-13(11-23-12(2)3)19(21)18(15)20-17/h4,6,8,10-12,20H,1,5,7,9H2,2-3H3/b13-11+. The van der Waals surface area contributed by atoms with Crippen molar-refractivity contribution >= 4 is 16.7 Å². The average molecular weight is 311 g/mol. The number of ketones is 1. The van der Waals surface area contributed by atoms with Gasteiger partial charge in [-0.25, -0.2) is 0 Å². The summed E-state index contributed by atoms with van der Waals surface area (Å²) in [5.74, 6) is 0.813. The fourth-order valence-corrected chi connectivity index (χ4v) is 2.79. The van der Waals surface area contributed by atoms with Crippen LogP contribution in [0.5, 0.6) is 5.75 Å². The van der Waals surface area contributed by atoms with Crippen molar-refractivity contribution in [2.24, 2.45) is 0 Å². The third-order valence-electron chi connectivity index (χ3n) is 3.89. The summed E-state index contributed by atoms with van der Waals surface area (Å²) in [6, 6.07) is 5.84. The molecule has 0 aliphatic heterocycles. The van der Waals surface area contributed by atoms with Crippen LogP contribution in [0.25, 0.3) is 10.9 Å². The van der Waals surface area contributed by atoms with Crippen LogP contribution in [0.3, 0.4) is 0 Å². The van der Waals surface area contributed by atoms with E-state index in [2.05, 4.69) is 11.6 Å². The molecule has 1 aliphatic carbocycles. The van der Waals surface area contributed by atoms with E-state index in [1.54, 1.807) is 12.3 Å². The number of benzene rings is 1. The van der Waals surface area contributed by atoms with Crippen molar-refractivity contribution in [3.63, 3.8) is 0 Å². The molecule has 3 rings (SSSR count). The first-order valence-electron chi connectivity index (χ1n) is 7.87. The van der Waals surface area contributed by atoms with E-state index < -0.39 is 0 Å². The maximum Gasteiger partial charge on any atom is 0.208 e. The number of hydrogen-bond donors (Lipinski definition) is 1. The number of rotatable bonds is 5. The summed E-state index contributed by atoms with van der Waals surface area (Å²) in [5.41, 5.74) is 3.42. The van der Waals surface area contributed by atoms with Crippen molar-refractivity contribution in [2.75, 3.05) is 6.61 Å². The molecule has 0 radical (unpaired) electrons. The molecular formula is C19H21NO3. The fraction of sp³-hybridized carbons (Fsp3) is 0.316. The third-order valence-corrected chi connectivity index (χ3v) is 3.89. The highest BCUT2D eigenvalue weighted by Crippen LogP contribution is 2.33. The highest BCUT2D eigenvalue weighted by atomic mass is 16.5. The Balaban J connectivity index is 1.96. The Bertz CT molecular complexity index is 783. The van der Waals surface area contributed by atoms with Crippen LogP contribution in [0.15, 0.2) is 42.7 Å². The van der Waals surface area contributed by atoms with Crippen molar-refractivity contribution in [2.45, 2.75) is 32.8 Å². The molecule has 4 heteroatoms. The van der Waals surface area contributed by atoms with E-state index in [4.69, 9.17) is 9.47 Å². The van der Waals surface area contributed by atoms with Crippen molar-refractivity contribution in [1.82, 2.24) is 4.98 Å². The molecule has 0 saturated heterocycles. The smallest absolute Gasteiger partial charge is 0.208 e. The number of aromatic nitrogens is 1. The summed E-state index contributed by atoms with van der Waals surface area (Å²) in [7, 11) is 0. The summed E-state index contributed by atoms with van der Waals surface area (Å²) in [4.78, 5) is 15.9. The first-order valence-corrected chi connectivity index (χ1v) is 7.87. The molecule has 0 bridgehead atoms. The number of aryl methyl sites for hydroxylation is 1. The summed E-state index contributed by atoms with van der Waals surface area (Å²) in [5, 5.41) is 1.05. The predicted molar refractivity (Wildman–Crippen MR) is 90.9 cm³/mol. The quantitative estimate of drug-likeness (QED) is 0.512. The molecule has 1 heterocycles. The predicted octanol–water partition coefficient (Wildman–Crippen LogP) is 4.17. The maximum absolute atomic E-state index is 12.6. The van der Waals surface area contributed by atoms with Crippen molar-refractivity contribution in [3.05, 3.63) is 53.9 Å². The Kier molecular flexibility index (Phi) is 4.24. The lowest BCUT2D eigenvalue weighted by atomic mass is 9.91. The van der Waals surface area contributed by atoms with Gasteiger partial charge in [0.25, 0.3) is 0 Å². The van der Waals surface area contributed by atoms with Crippen molar-refractivity contribution in [3.8, 4) is 5.75 Å². The van der Waals surface area contributed by atoms with E-state index >= 15 is 0 Å². The highest BCUT2D eigenvalue weighted by molar-refractivity contribution is 6.12. The molecule has 0 unspecified atom stereocenters. The van der Waals surface area contributed by atoms with E-state index in [0.717, 1.165) is 34.2 Å². The van der Waals surface area contributed by atoms with Gasteiger partial charge in [-0.1, -0.05) is 12.7 Å². The zero-order valence-corrected chi connectivity index (χ0v) is 13.5. The Morgan fingerprint density at radius 2 is 2.17 bits per heavy atom. The number of fused-ring (bicyclic) bond motifs is 3. The number of carbonyl (C=O) groups is 1. The first kappa shape index (κ1) is 15.4. The lowest BCUT2D eigenvalue weighted by molar-refractivity contribution is 0.101. The second-order valence-corrected chi connectivity index (χ2v) is 5.94. The minimum atomic E-state index is 0.0247.